The minimum absolute atomic E-state index is 0.0314. The zero-order chi connectivity index (χ0) is 12.3. The molecule has 1 aromatic rings. The molecule has 0 bridgehead atoms. The zero-order valence-corrected chi connectivity index (χ0v) is 11.4. The molecule has 0 aromatic carbocycles. The van der Waals surface area contributed by atoms with Crippen molar-refractivity contribution in [2.45, 2.75) is 53.0 Å². The third-order valence-corrected chi connectivity index (χ3v) is 2.90. The summed E-state index contributed by atoms with van der Waals surface area (Å²) in [6, 6.07) is 0. The van der Waals surface area contributed by atoms with Crippen LogP contribution in [-0.4, -0.2) is 15.5 Å². The Bertz CT molecular complexity index is 375. The smallest absolute Gasteiger partial charge is 0.137 e. The Hall–Kier alpha value is -0.830. The van der Waals surface area contributed by atoms with Crippen LogP contribution in [0.5, 0.6) is 0 Å². The van der Waals surface area contributed by atoms with E-state index < -0.39 is 0 Å². The van der Waals surface area contributed by atoms with Crippen molar-refractivity contribution in [3.8, 4) is 0 Å². The Kier molecular flexibility index (Phi) is 4.14. The summed E-state index contributed by atoms with van der Waals surface area (Å²) in [4.78, 5) is 8.52. The molecule has 0 spiro atoms. The number of nitrogens with one attached hydrogen (secondary N) is 1. The Morgan fingerprint density at radius 2 is 1.88 bits per heavy atom. The first-order valence-corrected chi connectivity index (χ1v) is 6.02. The molecule has 1 aromatic heterocycles. The van der Waals surface area contributed by atoms with Crippen LogP contribution >= 0.6 is 11.6 Å². The van der Waals surface area contributed by atoms with E-state index in [1.165, 1.54) is 0 Å². The van der Waals surface area contributed by atoms with Crippen LogP contribution in [0.25, 0.3) is 0 Å². The predicted octanol–water partition coefficient (Wildman–Crippen LogP) is 3.74. The second kappa shape index (κ2) is 5.00. The van der Waals surface area contributed by atoms with E-state index in [0.29, 0.717) is 11.0 Å². The van der Waals surface area contributed by atoms with Crippen molar-refractivity contribution in [3.05, 3.63) is 16.5 Å². The summed E-state index contributed by atoms with van der Waals surface area (Å²) < 4.78 is 0. The third-order valence-electron chi connectivity index (χ3n) is 2.53. The third kappa shape index (κ3) is 3.34. The number of anilines is 1. The number of rotatable bonds is 4. The Morgan fingerprint density at radius 3 is 2.44 bits per heavy atom. The van der Waals surface area contributed by atoms with E-state index in [1.807, 2.05) is 13.8 Å². The van der Waals surface area contributed by atoms with Gasteiger partial charge in [-0.15, -0.1) is 0 Å². The van der Waals surface area contributed by atoms with E-state index in [2.05, 4.69) is 36.1 Å². The lowest BCUT2D eigenvalue weighted by Crippen LogP contribution is -2.31. The average Bonchev–Trinajstić information content (AvgIpc) is 2.12. The quantitative estimate of drug-likeness (QED) is 0.817. The summed E-state index contributed by atoms with van der Waals surface area (Å²) in [5.74, 6) is 1.54. The van der Waals surface area contributed by atoms with Crippen LogP contribution in [-0.2, 0) is 0 Å². The summed E-state index contributed by atoms with van der Waals surface area (Å²) in [6.07, 6.45) is 2.23. The minimum atomic E-state index is 0.0314. The van der Waals surface area contributed by atoms with Crippen molar-refractivity contribution >= 4 is 17.4 Å². The molecule has 0 saturated heterocycles. The number of hydrogen-bond donors (Lipinski definition) is 1. The van der Waals surface area contributed by atoms with Crippen LogP contribution in [0.4, 0.5) is 5.82 Å². The highest BCUT2D eigenvalue weighted by Gasteiger charge is 2.19. The fourth-order valence-electron chi connectivity index (χ4n) is 1.72. The molecule has 0 amide bonds. The molecule has 0 radical (unpaired) electrons. The van der Waals surface area contributed by atoms with Crippen molar-refractivity contribution in [2.24, 2.45) is 0 Å². The second-order valence-electron chi connectivity index (χ2n) is 4.79. The van der Waals surface area contributed by atoms with E-state index in [9.17, 15) is 0 Å². The van der Waals surface area contributed by atoms with E-state index in [-0.39, 0.29) is 5.54 Å². The lowest BCUT2D eigenvalue weighted by molar-refractivity contribution is 0.508. The number of hydrogen-bond acceptors (Lipinski definition) is 3. The number of nitrogens with zero attached hydrogens (tertiary/aromatic N) is 2. The number of aromatic nitrogens is 2. The summed E-state index contributed by atoms with van der Waals surface area (Å²) in [6.45, 7) is 10.3. The van der Waals surface area contributed by atoms with Crippen LogP contribution in [0, 0.1) is 13.8 Å². The van der Waals surface area contributed by atoms with Gasteiger partial charge in [-0.1, -0.05) is 24.9 Å². The molecule has 0 fully saturated rings. The molecule has 0 unspecified atom stereocenters. The van der Waals surface area contributed by atoms with E-state index in [1.54, 1.807) is 0 Å². The lowest BCUT2D eigenvalue weighted by Gasteiger charge is -2.27. The first-order chi connectivity index (χ1) is 7.35. The maximum Gasteiger partial charge on any atom is 0.137 e. The molecule has 1 heterocycles. The van der Waals surface area contributed by atoms with Crippen LogP contribution in [0.15, 0.2) is 0 Å². The summed E-state index contributed by atoms with van der Waals surface area (Å²) >= 11 is 6.03. The van der Waals surface area contributed by atoms with Crippen molar-refractivity contribution in [2.75, 3.05) is 5.32 Å². The zero-order valence-electron chi connectivity index (χ0n) is 10.7. The molecular weight excluding hydrogens is 222 g/mol. The highest BCUT2D eigenvalue weighted by atomic mass is 35.5. The maximum atomic E-state index is 6.03. The van der Waals surface area contributed by atoms with Crippen molar-refractivity contribution in [3.63, 3.8) is 0 Å². The molecule has 0 atom stereocenters. The Morgan fingerprint density at radius 1 is 1.25 bits per heavy atom. The van der Waals surface area contributed by atoms with E-state index in [0.717, 1.165) is 24.2 Å². The SMILES string of the molecule is CCCC(C)(C)Nc1nc(C)nc(Cl)c1C. The van der Waals surface area contributed by atoms with Gasteiger partial charge in [0.1, 0.15) is 16.8 Å². The Labute approximate surface area is 103 Å². The standard InChI is InChI=1S/C12H20ClN3/c1-6-7-12(4,5)16-11-8(2)10(13)14-9(3)15-11/h6-7H2,1-5H3,(H,14,15,16). The molecule has 16 heavy (non-hydrogen) atoms. The van der Waals surface area contributed by atoms with Crippen LogP contribution in [0.3, 0.4) is 0 Å². The molecule has 0 saturated carbocycles. The van der Waals surface area contributed by atoms with Crippen molar-refractivity contribution in [1.29, 1.82) is 0 Å². The molecule has 0 aliphatic heterocycles. The van der Waals surface area contributed by atoms with Gasteiger partial charge in [0, 0.05) is 11.1 Å². The van der Waals surface area contributed by atoms with Gasteiger partial charge in [-0.25, -0.2) is 9.97 Å². The van der Waals surface area contributed by atoms with Crippen molar-refractivity contribution < 1.29 is 0 Å². The largest absolute Gasteiger partial charge is 0.365 e. The molecule has 0 aliphatic carbocycles. The maximum absolute atomic E-state index is 6.03. The van der Waals surface area contributed by atoms with Gasteiger partial charge in [-0.05, 0) is 34.1 Å². The highest BCUT2D eigenvalue weighted by molar-refractivity contribution is 6.30. The summed E-state index contributed by atoms with van der Waals surface area (Å²) in [5.41, 5.74) is 0.945. The van der Waals surface area contributed by atoms with Crippen molar-refractivity contribution in [1.82, 2.24) is 9.97 Å². The lowest BCUT2D eigenvalue weighted by atomic mass is 9.99. The first-order valence-electron chi connectivity index (χ1n) is 5.64. The van der Waals surface area contributed by atoms with Gasteiger partial charge >= 0.3 is 0 Å². The first kappa shape index (κ1) is 13.2. The van der Waals surface area contributed by atoms with Gasteiger partial charge in [-0.2, -0.15) is 0 Å². The number of halogens is 1. The van der Waals surface area contributed by atoms with Gasteiger partial charge in [0.2, 0.25) is 0 Å². The molecule has 1 N–H and O–H groups in total. The second-order valence-corrected chi connectivity index (χ2v) is 5.15. The fourth-order valence-corrected chi connectivity index (χ4v) is 1.94. The molecule has 90 valence electrons. The fraction of sp³-hybridized carbons (Fsp3) is 0.667. The predicted molar refractivity (Wildman–Crippen MR) is 69.1 cm³/mol. The average molecular weight is 242 g/mol. The van der Waals surface area contributed by atoms with Crippen LogP contribution in [0.1, 0.15) is 45.0 Å². The van der Waals surface area contributed by atoms with Gasteiger partial charge in [0.25, 0.3) is 0 Å². The highest BCUT2D eigenvalue weighted by Crippen LogP contribution is 2.24. The van der Waals surface area contributed by atoms with Crippen LogP contribution in [0.2, 0.25) is 5.15 Å². The molecule has 4 heteroatoms. The van der Waals surface area contributed by atoms with E-state index in [4.69, 9.17) is 11.6 Å². The van der Waals surface area contributed by atoms with Crippen LogP contribution < -0.4 is 5.32 Å². The minimum Gasteiger partial charge on any atom is -0.365 e. The molecule has 0 aliphatic rings. The topological polar surface area (TPSA) is 37.8 Å². The monoisotopic (exact) mass is 241 g/mol. The molecule has 1 rings (SSSR count). The van der Waals surface area contributed by atoms with Gasteiger partial charge in [-0.3, -0.25) is 0 Å². The summed E-state index contributed by atoms with van der Waals surface area (Å²) in [7, 11) is 0. The van der Waals surface area contributed by atoms with Gasteiger partial charge < -0.3 is 5.32 Å². The van der Waals surface area contributed by atoms with E-state index >= 15 is 0 Å². The molecule has 3 nitrogen and oxygen atoms in total. The Balaban J connectivity index is 2.97. The summed E-state index contributed by atoms with van der Waals surface area (Å²) in [5, 5.41) is 3.96. The van der Waals surface area contributed by atoms with Gasteiger partial charge in [0.15, 0.2) is 0 Å². The molecular formula is C12H20ClN3. The van der Waals surface area contributed by atoms with Gasteiger partial charge in [0.05, 0.1) is 0 Å². The number of aryl methyl sites for hydroxylation is 1. The normalized spacial score (nSPS) is 11.6.